The van der Waals surface area contributed by atoms with Gasteiger partial charge in [0.2, 0.25) is 0 Å². The molecule has 0 aliphatic heterocycles. The molecule has 0 atom stereocenters. The molecule has 1 aliphatic rings. The fourth-order valence-electron chi connectivity index (χ4n) is 3.02. The third kappa shape index (κ3) is 2.52. The number of carbonyl (C=O) groups is 1. The van der Waals surface area contributed by atoms with Crippen molar-refractivity contribution in [2.24, 2.45) is 0 Å². The lowest BCUT2D eigenvalue weighted by molar-refractivity contribution is 0.0252. The molecule has 2 rings (SSSR count). The second kappa shape index (κ2) is 5.44. The Morgan fingerprint density at radius 3 is 2.40 bits per heavy atom. The van der Waals surface area contributed by atoms with Crippen molar-refractivity contribution < 1.29 is 4.79 Å². The number of nitrogens with zero attached hydrogens (tertiary/aromatic N) is 2. The van der Waals surface area contributed by atoms with Crippen LogP contribution in [0.1, 0.15) is 35.2 Å². The van der Waals surface area contributed by atoms with E-state index in [4.69, 9.17) is 5.73 Å². The van der Waals surface area contributed by atoms with Crippen LogP contribution in [0.5, 0.6) is 0 Å². The molecule has 0 spiro atoms. The van der Waals surface area contributed by atoms with Gasteiger partial charge in [-0.3, -0.25) is 4.79 Å². The van der Waals surface area contributed by atoms with Crippen molar-refractivity contribution in [3.05, 3.63) is 29.3 Å². The molecule has 2 N–H and O–H groups in total. The van der Waals surface area contributed by atoms with Gasteiger partial charge in [-0.25, -0.2) is 0 Å². The normalized spacial score (nSPS) is 16.9. The number of benzene rings is 1. The summed E-state index contributed by atoms with van der Waals surface area (Å²) >= 11 is 0. The molecule has 4 nitrogen and oxygen atoms in total. The smallest absolute Gasteiger partial charge is 0.256 e. The van der Waals surface area contributed by atoms with Crippen molar-refractivity contribution in [3.63, 3.8) is 0 Å². The highest BCUT2D eigenvalue weighted by molar-refractivity contribution is 6.00. The molecule has 20 heavy (non-hydrogen) atoms. The molecule has 1 aromatic carbocycles. The van der Waals surface area contributed by atoms with E-state index in [0.29, 0.717) is 11.3 Å². The van der Waals surface area contributed by atoms with E-state index in [0.717, 1.165) is 24.9 Å². The summed E-state index contributed by atoms with van der Waals surface area (Å²) in [7, 11) is 6.07. The first-order chi connectivity index (χ1) is 9.37. The summed E-state index contributed by atoms with van der Waals surface area (Å²) in [6, 6.07) is 5.61. The van der Waals surface area contributed by atoms with Gasteiger partial charge in [0.25, 0.3) is 5.91 Å². The SMILES string of the molecule is Cc1cccc(N)c1C(=O)N(C)CC1(N(C)C)CCC1. The van der Waals surface area contributed by atoms with Gasteiger partial charge in [0, 0.05) is 24.8 Å². The van der Waals surface area contributed by atoms with E-state index >= 15 is 0 Å². The molecule has 0 bridgehead atoms. The van der Waals surface area contributed by atoms with E-state index < -0.39 is 0 Å². The molecule has 1 saturated carbocycles. The molecule has 0 radical (unpaired) electrons. The lowest BCUT2D eigenvalue weighted by Gasteiger charge is -2.49. The van der Waals surface area contributed by atoms with Gasteiger partial charge in [-0.2, -0.15) is 0 Å². The van der Waals surface area contributed by atoms with Crippen molar-refractivity contribution >= 4 is 11.6 Å². The highest BCUT2D eigenvalue weighted by Gasteiger charge is 2.40. The number of aryl methyl sites for hydroxylation is 1. The molecule has 4 heteroatoms. The van der Waals surface area contributed by atoms with Crippen molar-refractivity contribution in [1.29, 1.82) is 0 Å². The minimum Gasteiger partial charge on any atom is -0.398 e. The summed E-state index contributed by atoms with van der Waals surface area (Å²) < 4.78 is 0. The van der Waals surface area contributed by atoms with Gasteiger partial charge < -0.3 is 15.5 Å². The summed E-state index contributed by atoms with van der Waals surface area (Å²) in [5.74, 6) is 0.0220. The highest BCUT2D eigenvalue weighted by Crippen LogP contribution is 2.37. The molecule has 110 valence electrons. The number of nitrogens with two attached hydrogens (primary N) is 1. The Hall–Kier alpha value is -1.55. The van der Waals surface area contributed by atoms with E-state index in [1.165, 1.54) is 6.42 Å². The maximum Gasteiger partial charge on any atom is 0.256 e. The third-order valence-corrected chi connectivity index (χ3v) is 4.63. The fraction of sp³-hybridized carbons (Fsp3) is 0.562. The minimum atomic E-state index is 0.0220. The average molecular weight is 275 g/mol. The Morgan fingerprint density at radius 1 is 1.30 bits per heavy atom. The number of rotatable bonds is 4. The fourth-order valence-corrected chi connectivity index (χ4v) is 3.02. The summed E-state index contributed by atoms with van der Waals surface area (Å²) in [6.07, 6.45) is 3.55. The van der Waals surface area contributed by atoms with Crippen molar-refractivity contribution in [2.75, 3.05) is 33.4 Å². The minimum absolute atomic E-state index is 0.0220. The monoisotopic (exact) mass is 275 g/mol. The predicted molar refractivity (Wildman–Crippen MR) is 82.8 cm³/mol. The average Bonchev–Trinajstić information content (AvgIpc) is 2.32. The number of likely N-dealkylation sites (N-methyl/N-ethyl adjacent to an activating group) is 2. The maximum absolute atomic E-state index is 12.7. The first-order valence-corrected chi connectivity index (χ1v) is 7.15. The van der Waals surface area contributed by atoms with E-state index in [-0.39, 0.29) is 11.4 Å². The second-order valence-electron chi connectivity index (χ2n) is 6.17. The van der Waals surface area contributed by atoms with Gasteiger partial charge in [-0.15, -0.1) is 0 Å². The Morgan fingerprint density at radius 2 is 1.95 bits per heavy atom. The Balaban J connectivity index is 2.17. The lowest BCUT2D eigenvalue weighted by Crippen LogP contribution is -2.57. The Kier molecular flexibility index (Phi) is 4.04. The van der Waals surface area contributed by atoms with Gasteiger partial charge in [-0.1, -0.05) is 12.1 Å². The standard InChI is InChI=1S/C16H25N3O/c1-12-7-5-8-13(17)14(12)15(20)19(4)11-16(18(2)3)9-6-10-16/h5,7-8H,6,9-11,17H2,1-4H3. The summed E-state index contributed by atoms with van der Waals surface area (Å²) in [6.45, 7) is 2.69. The summed E-state index contributed by atoms with van der Waals surface area (Å²) in [5, 5.41) is 0. The molecule has 1 aromatic rings. The summed E-state index contributed by atoms with van der Waals surface area (Å²) in [5.41, 5.74) is 8.26. The van der Waals surface area contributed by atoms with Crippen LogP contribution in [0.4, 0.5) is 5.69 Å². The Bertz CT molecular complexity index is 486. The zero-order chi connectivity index (χ0) is 14.9. The number of anilines is 1. The van der Waals surface area contributed by atoms with Crippen LogP contribution < -0.4 is 5.73 Å². The van der Waals surface area contributed by atoms with Crippen LogP contribution in [0.3, 0.4) is 0 Å². The largest absolute Gasteiger partial charge is 0.398 e. The number of hydrogen-bond acceptors (Lipinski definition) is 3. The lowest BCUT2D eigenvalue weighted by atomic mass is 9.75. The number of hydrogen-bond donors (Lipinski definition) is 1. The van der Waals surface area contributed by atoms with Crippen LogP contribution in [-0.2, 0) is 0 Å². The molecule has 1 fully saturated rings. The van der Waals surface area contributed by atoms with Crippen LogP contribution >= 0.6 is 0 Å². The zero-order valence-corrected chi connectivity index (χ0v) is 12.9. The molecule has 0 saturated heterocycles. The highest BCUT2D eigenvalue weighted by atomic mass is 16.2. The van der Waals surface area contributed by atoms with E-state index in [2.05, 4.69) is 19.0 Å². The third-order valence-electron chi connectivity index (χ3n) is 4.63. The van der Waals surface area contributed by atoms with Gasteiger partial charge >= 0.3 is 0 Å². The molecule has 0 heterocycles. The first-order valence-electron chi connectivity index (χ1n) is 7.15. The zero-order valence-electron chi connectivity index (χ0n) is 12.9. The molecule has 1 aliphatic carbocycles. The van der Waals surface area contributed by atoms with Gasteiger partial charge in [-0.05, 0) is 51.9 Å². The van der Waals surface area contributed by atoms with Gasteiger partial charge in [0.15, 0.2) is 0 Å². The maximum atomic E-state index is 12.7. The quantitative estimate of drug-likeness (QED) is 0.856. The van der Waals surface area contributed by atoms with Crippen LogP contribution in [-0.4, -0.2) is 48.9 Å². The van der Waals surface area contributed by atoms with Crippen LogP contribution in [0, 0.1) is 6.92 Å². The van der Waals surface area contributed by atoms with Gasteiger partial charge in [0.05, 0.1) is 5.56 Å². The predicted octanol–water partition coefficient (Wildman–Crippen LogP) is 2.13. The summed E-state index contributed by atoms with van der Waals surface area (Å²) in [4.78, 5) is 16.7. The first kappa shape index (κ1) is 14.9. The molecule has 0 unspecified atom stereocenters. The number of nitrogen functional groups attached to an aromatic ring is 1. The second-order valence-corrected chi connectivity index (χ2v) is 6.17. The molecule has 0 aromatic heterocycles. The van der Waals surface area contributed by atoms with Crippen LogP contribution in [0.25, 0.3) is 0 Å². The number of carbonyl (C=O) groups excluding carboxylic acids is 1. The van der Waals surface area contributed by atoms with Crippen molar-refractivity contribution in [1.82, 2.24) is 9.80 Å². The van der Waals surface area contributed by atoms with Crippen molar-refractivity contribution in [2.45, 2.75) is 31.7 Å². The topological polar surface area (TPSA) is 49.6 Å². The van der Waals surface area contributed by atoms with E-state index in [1.54, 1.807) is 6.07 Å². The van der Waals surface area contributed by atoms with Crippen molar-refractivity contribution in [3.8, 4) is 0 Å². The van der Waals surface area contributed by atoms with E-state index in [9.17, 15) is 4.79 Å². The Labute approximate surface area is 121 Å². The van der Waals surface area contributed by atoms with Crippen LogP contribution in [0.15, 0.2) is 18.2 Å². The molecular weight excluding hydrogens is 250 g/mol. The number of amides is 1. The molecular formula is C16H25N3O. The van der Waals surface area contributed by atoms with Crippen LogP contribution in [0.2, 0.25) is 0 Å². The van der Waals surface area contributed by atoms with E-state index in [1.807, 2.05) is 31.0 Å². The molecule has 1 amide bonds. The van der Waals surface area contributed by atoms with Gasteiger partial charge in [0.1, 0.15) is 0 Å².